The van der Waals surface area contributed by atoms with Crippen LogP contribution in [-0.4, -0.2) is 58.1 Å². The average molecular weight is 610 g/mol. The summed E-state index contributed by atoms with van der Waals surface area (Å²) in [6.45, 7) is 7.75. The lowest BCUT2D eigenvalue weighted by Crippen LogP contribution is -2.39. The van der Waals surface area contributed by atoms with E-state index in [-0.39, 0.29) is 6.10 Å². The predicted octanol–water partition coefficient (Wildman–Crippen LogP) is 6.76. The van der Waals surface area contributed by atoms with Gasteiger partial charge in [-0.2, -0.15) is 17.5 Å². The van der Waals surface area contributed by atoms with Crippen molar-refractivity contribution in [3.63, 3.8) is 0 Å². The number of piperidine rings is 1. The lowest BCUT2D eigenvalue weighted by Gasteiger charge is -2.30. The predicted molar refractivity (Wildman–Crippen MR) is 151 cm³/mol. The first-order valence-corrected chi connectivity index (χ1v) is 14.6. The molecule has 1 aliphatic heterocycles. The smallest absolute Gasteiger partial charge is 0.489 e. The molecule has 0 amide bonds. The molecule has 220 valence electrons. The monoisotopic (exact) mass is 609 g/mol. The zero-order valence-corrected chi connectivity index (χ0v) is 24.5. The molecule has 0 saturated carbocycles. The van der Waals surface area contributed by atoms with Crippen molar-refractivity contribution in [2.24, 2.45) is 5.92 Å². The quantitative estimate of drug-likeness (QED) is 0.196. The normalized spacial score (nSPS) is 14.8. The van der Waals surface area contributed by atoms with Crippen LogP contribution < -0.4 is 4.74 Å². The van der Waals surface area contributed by atoms with E-state index in [0.29, 0.717) is 42.5 Å². The Balaban J connectivity index is 1.39. The minimum Gasteiger partial charge on any atom is -0.489 e. The minimum absolute atomic E-state index is 0.0143. The van der Waals surface area contributed by atoms with Gasteiger partial charge in [0.2, 0.25) is 0 Å². The number of rotatable bonds is 9. The van der Waals surface area contributed by atoms with E-state index in [4.69, 9.17) is 21.3 Å². The van der Waals surface area contributed by atoms with E-state index >= 15 is 0 Å². The maximum atomic E-state index is 12.4. The summed E-state index contributed by atoms with van der Waals surface area (Å²) in [5, 5.41) is 1.27. The third kappa shape index (κ3) is 7.84. The van der Waals surface area contributed by atoms with Crippen molar-refractivity contribution in [1.29, 1.82) is 0 Å². The molecule has 0 unspecified atom stereocenters. The Labute approximate surface area is 245 Å². The average Bonchev–Trinajstić information content (AvgIpc) is 3.42. The highest BCUT2D eigenvalue weighted by atomic mass is 35.5. The second-order valence-corrected chi connectivity index (χ2v) is 11.3. The number of likely N-dealkylation sites (tertiary alicyclic amines) is 1. The highest BCUT2D eigenvalue weighted by Crippen LogP contribution is 2.34. The van der Waals surface area contributed by atoms with Crippen molar-refractivity contribution in [2.75, 3.05) is 19.6 Å². The molecule has 1 aromatic heterocycles. The van der Waals surface area contributed by atoms with Crippen LogP contribution in [0.15, 0.2) is 36.4 Å². The number of alkyl halides is 3. The lowest BCUT2D eigenvalue weighted by atomic mass is 9.94. The van der Waals surface area contributed by atoms with Crippen molar-refractivity contribution >= 4 is 35.1 Å². The Morgan fingerprint density at radius 1 is 1.17 bits per heavy atom. The Morgan fingerprint density at radius 3 is 2.54 bits per heavy atom. The molecule has 3 aromatic rings. The zero-order chi connectivity index (χ0) is 29.7. The van der Waals surface area contributed by atoms with Gasteiger partial charge in [-0.25, -0.2) is 9.78 Å². The van der Waals surface area contributed by atoms with Gasteiger partial charge in [-0.1, -0.05) is 36.7 Å². The third-order valence-electron chi connectivity index (χ3n) is 6.88. The van der Waals surface area contributed by atoms with Crippen molar-refractivity contribution in [3.05, 3.63) is 52.5 Å². The summed E-state index contributed by atoms with van der Waals surface area (Å²) in [6.07, 6.45) is -2.95. The van der Waals surface area contributed by atoms with E-state index < -0.39 is 24.0 Å². The van der Waals surface area contributed by atoms with Gasteiger partial charge in [0.05, 0.1) is 17.0 Å². The molecule has 4 rings (SSSR count). The number of hydrogen-bond acceptors (Lipinski definition) is 8. The van der Waals surface area contributed by atoms with E-state index in [1.807, 2.05) is 44.2 Å². The molecule has 0 radical (unpaired) electrons. The molecule has 0 N–H and O–H groups in total. The van der Waals surface area contributed by atoms with Crippen LogP contribution in [-0.2, 0) is 27.2 Å². The fraction of sp³-hybridized carbons (Fsp3) is 0.448. The van der Waals surface area contributed by atoms with Gasteiger partial charge in [0, 0.05) is 17.7 Å². The standard InChI is InChI=1S/C29H31ClF3N3O4S/c1-4-21-18(10-13-36-14-11-19(12-15-36)27(37)40-28(38)29(31,32)33)6-5-7-22(21)25-34-26(41-35-25)20-8-9-24(23(30)16-20)39-17(2)3/h5-9,16-17,19H,4,10-15H2,1-3H3. The highest BCUT2D eigenvalue weighted by Gasteiger charge is 2.43. The minimum atomic E-state index is -5.18. The molecule has 41 heavy (non-hydrogen) atoms. The van der Waals surface area contributed by atoms with Crippen LogP contribution in [0.5, 0.6) is 5.75 Å². The third-order valence-corrected chi connectivity index (χ3v) is 7.94. The van der Waals surface area contributed by atoms with Crippen LogP contribution >= 0.6 is 23.1 Å². The number of esters is 2. The molecule has 1 aliphatic rings. The number of ether oxygens (including phenoxy) is 2. The number of halogens is 4. The molecule has 2 aromatic carbocycles. The first-order valence-electron chi connectivity index (χ1n) is 13.4. The van der Waals surface area contributed by atoms with E-state index in [1.165, 1.54) is 11.5 Å². The number of carbonyl (C=O) groups excluding carboxylic acids is 2. The van der Waals surface area contributed by atoms with Crippen LogP contribution in [0.2, 0.25) is 5.02 Å². The molecule has 1 fully saturated rings. The maximum absolute atomic E-state index is 12.4. The van der Waals surface area contributed by atoms with Crippen molar-refractivity contribution in [3.8, 4) is 27.7 Å². The van der Waals surface area contributed by atoms with E-state index in [9.17, 15) is 22.8 Å². The van der Waals surface area contributed by atoms with Crippen molar-refractivity contribution in [1.82, 2.24) is 14.3 Å². The van der Waals surface area contributed by atoms with Gasteiger partial charge < -0.3 is 14.4 Å². The van der Waals surface area contributed by atoms with E-state index in [2.05, 4.69) is 27.0 Å². The first kappa shape index (κ1) is 30.9. The maximum Gasteiger partial charge on any atom is 0.491 e. The SMILES string of the molecule is CCc1c(CCN2CCC(C(=O)OC(=O)C(F)(F)F)CC2)cccc1-c1nsc(-c2ccc(OC(C)C)c(Cl)c2)n1. The molecule has 1 saturated heterocycles. The van der Waals surface area contributed by atoms with Gasteiger partial charge in [0.1, 0.15) is 10.8 Å². The number of hydrogen-bond donors (Lipinski definition) is 0. The van der Waals surface area contributed by atoms with Gasteiger partial charge in [-0.3, -0.25) is 4.79 Å². The second kappa shape index (κ2) is 13.3. The van der Waals surface area contributed by atoms with E-state index in [0.717, 1.165) is 46.6 Å². The molecular formula is C29H31ClF3N3O4S. The van der Waals surface area contributed by atoms with Gasteiger partial charge in [-0.15, -0.1) is 0 Å². The van der Waals surface area contributed by atoms with Gasteiger partial charge in [0.25, 0.3) is 0 Å². The molecule has 0 spiro atoms. The van der Waals surface area contributed by atoms with Crippen LogP contribution in [0.3, 0.4) is 0 Å². The summed E-state index contributed by atoms with van der Waals surface area (Å²) in [5.41, 5.74) is 4.14. The molecule has 0 aliphatic carbocycles. The zero-order valence-electron chi connectivity index (χ0n) is 23.0. The highest BCUT2D eigenvalue weighted by molar-refractivity contribution is 7.09. The largest absolute Gasteiger partial charge is 0.491 e. The summed E-state index contributed by atoms with van der Waals surface area (Å²) in [6, 6.07) is 11.7. The molecule has 7 nitrogen and oxygen atoms in total. The Bertz CT molecular complexity index is 1390. The molecule has 0 atom stereocenters. The molecule has 0 bridgehead atoms. The molecule has 12 heteroatoms. The summed E-state index contributed by atoms with van der Waals surface area (Å²) in [7, 11) is 0. The summed E-state index contributed by atoms with van der Waals surface area (Å²) in [4.78, 5) is 29.9. The van der Waals surface area contributed by atoms with Crippen LogP contribution in [0.25, 0.3) is 22.0 Å². The van der Waals surface area contributed by atoms with Gasteiger partial charge in [0.15, 0.2) is 5.82 Å². The number of nitrogens with zero attached hydrogens (tertiary/aromatic N) is 3. The molecular weight excluding hydrogens is 579 g/mol. The Hall–Kier alpha value is -3.02. The van der Waals surface area contributed by atoms with Crippen LogP contribution in [0, 0.1) is 5.92 Å². The Kier molecular flexibility index (Phi) is 10.0. The topological polar surface area (TPSA) is 81.6 Å². The fourth-order valence-corrected chi connectivity index (χ4v) is 5.73. The summed E-state index contributed by atoms with van der Waals surface area (Å²) in [5.74, 6) is -3.01. The Morgan fingerprint density at radius 2 is 1.90 bits per heavy atom. The fourth-order valence-electron chi connectivity index (χ4n) is 4.83. The van der Waals surface area contributed by atoms with Crippen LogP contribution in [0.4, 0.5) is 13.2 Å². The number of benzene rings is 2. The number of carbonyl (C=O) groups is 2. The van der Waals surface area contributed by atoms with Gasteiger partial charge >= 0.3 is 18.1 Å². The van der Waals surface area contributed by atoms with Crippen LogP contribution in [0.1, 0.15) is 44.7 Å². The second-order valence-electron chi connectivity index (χ2n) is 10.1. The number of aromatic nitrogens is 2. The van der Waals surface area contributed by atoms with Gasteiger partial charge in [-0.05, 0) is 93.5 Å². The molecule has 2 heterocycles. The first-order chi connectivity index (χ1) is 19.5. The summed E-state index contributed by atoms with van der Waals surface area (Å²) >= 11 is 7.73. The van der Waals surface area contributed by atoms with Crippen molar-refractivity contribution < 1.29 is 32.2 Å². The van der Waals surface area contributed by atoms with Crippen molar-refractivity contribution in [2.45, 2.75) is 58.7 Å². The summed E-state index contributed by atoms with van der Waals surface area (Å²) < 4.78 is 51.5. The lowest BCUT2D eigenvalue weighted by molar-refractivity contribution is -0.203. The van der Waals surface area contributed by atoms with E-state index in [1.54, 1.807) is 0 Å².